The Morgan fingerprint density at radius 2 is 1.29 bits per heavy atom. The molecular weight excluding hydrogens is 597 g/mol. The molecule has 3 saturated carbocycles. The minimum atomic E-state index is -5.11. The van der Waals surface area contributed by atoms with Gasteiger partial charge in [-0.1, -0.05) is 51.2 Å². The third kappa shape index (κ3) is 8.88. The summed E-state index contributed by atoms with van der Waals surface area (Å²) >= 11 is 0. The summed E-state index contributed by atoms with van der Waals surface area (Å²) in [6.07, 6.45) is 6.11. The molecular formula is C36H45F7O2. The van der Waals surface area contributed by atoms with E-state index in [9.17, 15) is 26.3 Å². The van der Waals surface area contributed by atoms with Crippen LogP contribution in [0.5, 0.6) is 11.5 Å². The highest BCUT2D eigenvalue weighted by atomic mass is 19.4. The van der Waals surface area contributed by atoms with Crippen LogP contribution in [0.3, 0.4) is 0 Å². The molecule has 0 radical (unpaired) electrons. The average Bonchev–Trinajstić information content (AvgIpc) is 3.01. The second-order valence-corrected chi connectivity index (χ2v) is 13.7. The van der Waals surface area contributed by atoms with Crippen LogP contribution in [-0.4, -0.2) is 12.5 Å². The van der Waals surface area contributed by atoms with Gasteiger partial charge >= 0.3 is 12.5 Å². The van der Waals surface area contributed by atoms with Gasteiger partial charge < -0.3 is 9.47 Å². The summed E-state index contributed by atoms with van der Waals surface area (Å²) in [5, 5.41) is 0. The number of hydrogen-bond donors (Lipinski definition) is 0. The van der Waals surface area contributed by atoms with Gasteiger partial charge in [-0.05, 0) is 123 Å². The molecule has 3 fully saturated rings. The van der Waals surface area contributed by atoms with Gasteiger partial charge in [-0.25, -0.2) is 8.78 Å². The Hall–Kier alpha value is -2.45. The molecule has 0 N–H and O–H groups in total. The average molecular weight is 643 g/mol. The first kappa shape index (κ1) is 33.9. The molecule has 250 valence electrons. The van der Waals surface area contributed by atoms with Crippen LogP contribution in [0.15, 0.2) is 36.4 Å². The topological polar surface area (TPSA) is 18.5 Å². The van der Waals surface area contributed by atoms with E-state index >= 15 is 4.39 Å². The Bertz CT molecular complexity index is 1240. The smallest absolute Gasteiger partial charge is 0.432 e. The molecule has 0 aliphatic heterocycles. The minimum Gasteiger partial charge on any atom is -0.432 e. The maximum absolute atomic E-state index is 15.4. The fourth-order valence-electron chi connectivity index (χ4n) is 8.23. The van der Waals surface area contributed by atoms with Gasteiger partial charge in [-0.2, -0.15) is 8.78 Å². The molecule has 0 aromatic heterocycles. The zero-order chi connectivity index (χ0) is 32.2. The molecule has 0 spiro atoms. The van der Waals surface area contributed by atoms with E-state index in [-0.39, 0.29) is 24.6 Å². The molecule has 3 aliphatic carbocycles. The van der Waals surface area contributed by atoms with E-state index in [1.165, 1.54) is 57.8 Å². The molecule has 5 rings (SSSR count). The molecule has 0 atom stereocenters. The van der Waals surface area contributed by atoms with Crippen LogP contribution in [0.25, 0.3) is 0 Å². The van der Waals surface area contributed by atoms with E-state index in [2.05, 4.69) is 11.7 Å². The van der Waals surface area contributed by atoms with Crippen molar-refractivity contribution in [2.45, 2.75) is 128 Å². The highest BCUT2D eigenvalue weighted by Gasteiger charge is 2.45. The molecule has 0 saturated heterocycles. The molecule has 45 heavy (non-hydrogen) atoms. The Morgan fingerprint density at radius 1 is 0.667 bits per heavy atom. The van der Waals surface area contributed by atoms with Crippen molar-refractivity contribution in [2.24, 2.45) is 23.7 Å². The molecule has 2 aromatic rings. The summed E-state index contributed by atoms with van der Waals surface area (Å²) in [6, 6.07) is 7.37. The number of unbranched alkanes of at least 4 members (excludes halogenated alkanes) is 1. The van der Waals surface area contributed by atoms with Crippen molar-refractivity contribution in [3.05, 3.63) is 59.2 Å². The molecule has 0 unspecified atom stereocenters. The molecule has 0 heterocycles. The van der Waals surface area contributed by atoms with Crippen molar-refractivity contribution in [3.63, 3.8) is 0 Å². The van der Waals surface area contributed by atoms with Crippen molar-refractivity contribution in [1.29, 1.82) is 0 Å². The van der Waals surface area contributed by atoms with E-state index < -0.39 is 35.7 Å². The van der Waals surface area contributed by atoms with Crippen LogP contribution in [0, 0.1) is 35.3 Å². The van der Waals surface area contributed by atoms with Gasteiger partial charge in [0.1, 0.15) is 11.6 Å². The van der Waals surface area contributed by atoms with Crippen molar-refractivity contribution >= 4 is 0 Å². The normalized spacial score (nSPS) is 28.1. The zero-order valence-corrected chi connectivity index (χ0v) is 26.0. The summed E-state index contributed by atoms with van der Waals surface area (Å²) in [4.78, 5) is 0. The van der Waals surface area contributed by atoms with Crippen LogP contribution < -0.4 is 9.47 Å². The molecule has 2 nitrogen and oxygen atoms in total. The molecule has 0 bridgehead atoms. The van der Waals surface area contributed by atoms with Gasteiger partial charge in [-0.15, -0.1) is 13.2 Å². The third-order valence-electron chi connectivity index (χ3n) is 10.8. The van der Waals surface area contributed by atoms with Gasteiger partial charge in [0, 0.05) is 6.07 Å². The zero-order valence-electron chi connectivity index (χ0n) is 26.0. The van der Waals surface area contributed by atoms with Gasteiger partial charge in [0.25, 0.3) is 0 Å². The maximum Gasteiger partial charge on any atom is 0.573 e. The second-order valence-electron chi connectivity index (χ2n) is 13.7. The van der Waals surface area contributed by atoms with Crippen LogP contribution in [0.1, 0.15) is 126 Å². The summed E-state index contributed by atoms with van der Waals surface area (Å²) < 4.78 is 105. The monoisotopic (exact) mass is 642 g/mol. The molecule has 9 heteroatoms. The first-order valence-corrected chi connectivity index (χ1v) is 16.8. The quantitative estimate of drug-likeness (QED) is 0.240. The largest absolute Gasteiger partial charge is 0.573 e. The Morgan fingerprint density at radius 3 is 1.87 bits per heavy atom. The van der Waals surface area contributed by atoms with Gasteiger partial charge in [0.05, 0.1) is 5.92 Å². The first-order valence-electron chi connectivity index (χ1n) is 16.8. The van der Waals surface area contributed by atoms with Gasteiger partial charge in [0.2, 0.25) is 0 Å². The maximum atomic E-state index is 15.4. The fraction of sp³-hybridized carbons (Fsp3) is 0.667. The van der Waals surface area contributed by atoms with Crippen LogP contribution >= 0.6 is 0 Å². The van der Waals surface area contributed by atoms with Crippen LogP contribution in [0.4, 0.5) is 30.7 Å². The standard InChI is InChI=1S/C36H45F7O2/c1-2-3-4-23-5-7-24(8-6-23)25-9-11-26(12-10-25)28-15-19-31(32(37)21-28)27-13-16-29(17-14-27)35(39,40)44-30-18-20-34(33(38)22-30)45-36(41,42)43/h15,18-27,29H,2-14,16-17H2,1H3. The first-order chi connectivity index (χ1) is 21.4. The number of benzene rings is 2. The summed E-state index contributed by atoms with van der Waals surface area (Å²) in [5.41, 5.74) is 1.59. The summed E-state index contributed by atoms with van der Waals surface area (Å²) in [6.45, 7) is 2.26. The highest BCUT2D eigenvalue weighted by molar-refractivity contribution is 5.34. The number of rotatable bonds is 10. The predicted molar refractivity (Wildman–Crippen MR) is 159 cm³/mol. The predicted octanol–water partition coefficient (Wildman–Crippen LogP) is 12.1. The Balaban J connectivity index is 1.10. The van der Waals surface area contributed by atoms with Crippen LogP contribution in [0.2, 0.25) is 0 Å². The van der Waals surface area contributed by atoms with Crippen molar-refractivity contribution in [2.75, 3.05) is 0 Å². The summed E-state index contributed by atoms with van der Waals surface area (Å²) in [5.74, 6) is -1.93. The third-order valence-corrected chi connectivity index (χ3v) is 10.8. The lowest BCUT2D eigenvalue weighted by atomic mass is 9.68. The lowest BCUT2D eigenvalue weighted by Gasteiger charge is -2.38. The Labute approximate surface area is 262 Å². The fourth-order valence-corrected chi connectivity index (χ4v) is 8.23. The number of halogens is 7. The van der Waals surface area contributed by atoms with Gasteiger partial charge in [-0.3, -0.25) is 0 Å². The lowest BCUT2D eigenvalue weighted by molar-refractivity contribution is -0.275. The van der Waals surface area contributed by atoms with E-state index in [1.54, 1.807) is 6.07 Å². The van der Waals surface area contributed by atoms with Crippen LogP contribution in [-0.2, 0) is 0 Å². The number of alkyl halides is 5. The van der Waals surface area contributed by atoms with E-state index in [0.29, 0.717) is 36.5 Å². The molecule has 2 aromatic carbocycles. The number of ether oxygens (including phenoxy) is 2. The number of hydrogen-bond acceptors (Lipinski definition) is 2. The van der Waals surface area contributed by atoms with Gasteiger partial charge in [0.15, 0.2) is 11.6 Å². The minimum absolute atomic E-state index is 0.0706. The lowest BCUT2D eigenvalue weighted by Crippen LogP contribution is -2.37. The molecule has 0 amide bonds. The molecule has 3 aliphatic rings. The summed E-state index contributed by atoms with van der Waals surface area (Å²) in [7, 11) is 0. The van der Waals surface area contributed by atoms with E-state index in [0.717, 1.165) is 42.2 Å². The van der Waals surface area contributed by atoms with Crippen molar-refractivity contribution in [1.82, 2.24) is 0 Å². The SMILES string of the molecule is CCCCC1CCC(C2CCC(c3ccc(C4CCC(C(F)(F)Oc5ccc(OC(F)(F)F)c(F)c5)CC4)c(F)c3)CC2)CC1. The van der Waals surface area contributed by atoms with E-state index in [4.69, 9.17) is 4.74 Å². The second kappa shape index (κ2) is 14.5. The van der Waals surface area contributed by atoms with Crippen molar-refractivity contribution < 1.29 is 40.2 Å². The Kier molecular flexibility index (Phi) is 11.0. The highest BCUT2D eigenvalue weighted by Crippen LogP contribution is 2.47. The van der Waals surface area contributed by atoms with Crippen molar-refractivity contribution in [3.8, 4) is 11.5 Å². The van der Waals surface area contributed by atoms with E-state index in [1.807, 2.05) is 12.1 Å².